The van der Waals surface area contributed by atoms with E-state index in [4.69, 9.17) is 4.74 Å². The fourth-order valence-electron chi connectivity index (χ4n) is 5.71. The van der Waals surface area contributed by atoms with Crippen molar-refractivity contribution in [3.05, 3.63) is 95.1 Å². The smallest absolute Gasteiger partial charge is 0.416 e. The summed E-state index contributed by atoms with van der Waals surface area (Å²) < 4.78 is 74.5. The van der Waals surface area contributed by atoms with Gasteiger partial charge in [-0.15, -0.1) is 0 Å². The van der Waals surface area contributed by atoms with Crippen LogP contribution in [0.3, 0.4) is 0 Å². The molecular formula is C32H36F3N3O4S. The van der Waals surface area contributed by atoms with Gasteiger partial charge in [0.1, 0.15) is 5.75 Å². The van der Waals surface area contributed by atoms with Crippen molar-refractivity contribution in [2.75, 3.05) is 6.61 Å². The molecule has 1 heterocycles. The molecule has 5 rings (SSSR count). The summed E-state index contributed by atoms with van der Waals surface area (Å²) in [7, 11) is -4.39. The third kappa shape index (κ3) is 8.16. The lowest BCUT2D eigenvalue weighted by molar-refractivity contribution is -0.137. The third-order valence-corrected chi connectivity index (χ3v) is 9.48. The number of rotatable bonds is 10. The zero-order valence-electron chi connectivity index (χ0n) is 23.7. The Balaban J connectivity index is 1.28. The Morgan fingerprint density at radius 2 is 1.70 bits per heavy atom. The molecule has 11 heteroatoms. The molecule has 3 aromatic rings. The van der Waals surface area contributed by atoms with E-state index in [-0.39, 0.29) is 12.5 Å². The molecule has 0 saturated heterocycles. The van der Waals surface area contributed by atoms with Crippen molar-refractivity contribution < 1.29 is 31.1 Å². The Kier molecular flexibility index (Phi) is 9.73. The Morgan fingerprint density at radius 3 is 2.44 bits per heavy atom. The van der Waals surface area contributed by atoms with Gasteiger partial charge in [-0.2, -0.15) is 13.2 Å². The molecule has 1 unspecified atom stereocenters. The number of hydrogen-bond acceptors (Lipinski definition) is 5. The average Bonchev–Trinajstić information content (AvgIpc) is 3.00. The maximum atomic E-state index is 13.3. The van der Waals surface area contributed by atoms with E-state index in [1.165, 1.54) is 32.1 Å². The number of halogens is 3. The van der Waals surface area contributed by atoms with E-state index in [2.05, 4.69) is 15.4 Å². The second-order valence-corrected chi connectivity index (χ2v) is 12.9. The number of benzene rings is 3. The van der Waals surface area contributed by atoms with Crippen LogP contribution in [0.2, 0.25) is 0 Å². The third-order valence-electron chi connectivity index (χ3n) is 8.01. The van der Waals surface area contributed by atoms with Crippen LogP contribution in [-0.4, -0.2) is 27.0 Å². The number of sulfonamides is 1. The molecule has 230 valence electrons. The number of amides is 1. The van der Waals surface area contributed by atoms with E-state index in [0.717, 1.165) is 35.9 Å². The van der Waals surface area contributed by atoms with Gasteiger partial charge in [0.25, 0.3) is 0 Å². The highest BCUT2D eigenvalue weighted by molar-refractivity contribution is 7.89. The van der Waals surface area contributed by atoms with Crippen LogP contribution < -0.4 is 20.1 Å². The van der Waals surface area contributed by atoms with E-state index in [1.807, 2.05) is 18.2 Å². The summed E-state index contributed by atoms with van der Waals surface area (Å²) >= 11 is 0. The fraction of sp³-hybridized carbons (Fsp3) is 0.406. The zero-order valence-corrected chi connectivity index (χ0v) is 24.5. The summed E-state index contributed by atoms with van der Waals surface area (Å²) in [5, 5.41) is 6.64. The van der Waals surface area contributed by atoms with Gasteiger partial charge in [0.05, 0.1) is 29.1 Å². The number of carbonyl (C=O) groups is 1. The van der Waals surface area contributed by atoms with Crippen LogP contribution in [0.5, 0.6) is 5.75 Å². The summed E-state index contributed by atoms with van der Waals surface area (Å²) in [5.41, 5.74) is 1.39. The monoisotopic (exact) mass is 615 g/mol. The average molecular weight is 616 g/mol. The standard InChI is InChI=1S/C32H36F3N3O4S/c33-32(34,35)24-10-7-13-26(19-24)43(40,41)38-29(23-8-3-1-4-9-23)20-31(39)37-28-16-17-42-30-18-22(14-15-27(28)30)21-36-25-11-5-2-6-12-25/h1,3-4,7-10,13-15,18-19,25,28-29,36,38H,2,5-6,11-12,16-17,20-21H2,(H,37,39)/t28?,29-/m1/s1. The molecule has 1 amide bonds. The molecule has 2 aliphatic rings. The Hall–Kier alpha value is -3.41. The summed E-state index contributed by atoms with van der Waals surface area (Å²) in [6, 6.07) is 17.2. The molecule has 1 aliphatic carbocycles. The van der Waals surface area contributed by atoms with Gasteiger partial charge in [0.2, 0.25) is 15.9 Å². The van der Waals surface area contributed by atoms with Crippen LogP contribution in [0.25, 0.3) is 0 Å². The second kappa shape index (κ2) is 13.5. The van der Waals surface area contributed by atoms with Crippen LogP contribution in [0.1, 0.15) is 79.3 Å². The van der Waals surface area contributed by atoms with Crippen molar-refractivity contribution >= 4 is 15.9 Å². The number of alkyl halides is 3. The lowest BCUT2D eigenvalue weighted by Crippen LogP contribution is -2.36. The number of ether oxygens (including phenoxy) is 1. The zero-order chi connectivity index (χ0) is 30.5. The van der Waals surface area contributed by atoms with Gasteiger partial charge >= 0.3 is 6.18 Å². The number of hydrogen-bond donors (Lipinski definition) is 3. The van der Waals surface area contributed by atoms with Crippen LogP contribution in [0.15, 0.2) is 77.7 Å². The van der Waals surface area contributed by atoms with Gasteiger partial charge in [-0.1, -0.05) is 67.8 Å². The number of nitrogens with one attached hydrogen (secondary N) is 3. The molecule has 1 saturated carbocycles. The van der Waals surface area contributed by atoms with Crippen LogP contribution in [-0.2, 0) is 27.5 Å². The maximum absolute atomic E-state index is 13.3. The highest BCUT2D eigenvalue weighted by Crippen LogP contribution is 2.34. The quantitative estimate of drug-likeness (QED) is 0.253. The summed E-state index contributed by atoms with van der Waals surface area (Å²) in [6.45, 7) is 1.16. The van der Waals surface area contributed by atoms with Gasteiger partial charge in [0, 0.05) is 31.0 Å². The normalized spacial score (nSPS) is 18.3. The molecule has 43 heavy (non-hydrogen) atoms. The molecular weight excluding hydrogens is 579 g/mol. The number of carbonyl (C=O) groups excluding carboxylic acids is 1. The van der Waals surface area contributed by atoms with Gasteiger partial charge in [-0.05, 0) is 48.2 Å². The van der Waals surface area contributed by atoms with Gasteiger partial charge in [-0.3, -0.25) is 4.79 Å². The van der Waals surface area contributed by atoms with Crippen LogP contribution in [0, 0.1) is 0 Å². The van der Waals surface area contributed by atoms with E-state index < -0.39 is 38.6 Å². The topological polar surface area (TPSA) is 96.5 Å². The lowest BCUT2D eigenvalue weighted by atomic mass is 9.95. The van der Waals surface area contributed by atoms with Gasteiger partial charge in [0.15, 0.2) is 0 Å². The summed E-state index contributed by atoms with van der Waals surface area (Å²) in [5.74, 6) is 0.311. The predicted octanol–water partition coefficient (Wildman–Crippen LogP) is 6.18. The van der Waals surface area contributed by atoms with E-state index in [0.29, 0.717) is 36.4 Å². The van der Waals surface area contributed by atoms with Crippen molar-refractivity contribution in [1.29, 1.82) is 0 Å². The fourth-order valence-corrected chi connectivity index (χ4v) is 6.98. The maximum Gasteiger partial charge on any atom is 0.416 e. The first-order chi connectivity index (χ1) is 20.6. The van der Waals surface area contributed by atoms with E-state index >= 15 is 0 Å². The molecule has 1 fully saturated rings. The summed E-state index contributed by atoms with van der Waals surface area (Å²) in [6.07, 6.45) is 1.78. The molecule has 0 bridgehead atoms. The van der Waals surface area contributed by atoms with Crippen molar-refractivity contribution in [2.45, 2.75) is 80.7 Å². The molecule has 0 spiro atoms. The molecule has 2 atom stereocenters. The Bertz CT molecular complexity index is 1510. The van der Waals surface area contributed by atoms with Gasteiger partial charge in [-0.25, -0.2) is 13.1 Å². The first-order valence-electron chi connectivity index (χ1n) is 14.6. The highest BCUT2D eigenvalue weighted by Gasteiger charge is 2.33. The first-order valence-corrected chi connectivity index (χ1v) is 16.1. The molecule has 3 aromatic carbocycles. The first kappa shape index (κ1) is 31.0. The SMILES string of the molecule is O=C(C[C@@H](NS(=O)(=O)c1cccc(C(F)(F)F)c1)c1ccccc1)NC1CCOc2cc(CNC3CCCCC3)ccc21. The Morgan fingerprint density at radius 1 is 0.930 bits per heavy atom. The summed E-state index contributed by atoms with van der Waals surface area (Å²) in [4.78, 5) is 12.8. The van der Waals surface area contributed by atoms with Crippen molar-refractivity contribution in [3.8, 4) is 5.75 Å². The van der Waals surface area contributed by atoms with Crippen LogP contribution in [0.4, 0.5) is 13.2 Å². The minimum Gasteiger partial charge on any atom is -0.493 e. The van der Waals surface area contributed by atoms with Crippen molar-refractivity contribution in [2.24, 2.45) is 0 Å². The predicted molar refractivity (Wildman–Crippen MR) is 157 cm³/mol. The molecule has 1 aliphatic heterocycles. The highest BCUT2D eigenvalue weighted by atomic mass is 32.2. The van der Waals surface area contributed by atoms with E-state index in [9.17, 15) is 26.4 Å². The Labute approximate surface area is 250 Å². The minimum atomic E-state index is -4.70. The molecule has 0 aromatic heterocycles. The largest absolute Gasteiger partial charge is 0.493 e. The molecule has 7 nitrogen and oxygen atoms in total. The molecule has 3 N–H and O–H groups in total. The molecule has 0 radical (unpaired) electrons. The van der Waals surface area contributed by atoms with Crippen LogP contribution >= 0.6 is 0 Å². The number of fused-ring (bicyclic) bond motifs is 1. The second-order valence-electron chi connectivity index (χ2n) is 11.2. The van der Waals surface area contributed by atoms with E-state index in [1.54, 1.807) is 30.3 Å². The minimum absolute atomic E-state index is 0.252. The van der Waals surface area contributed by atoms with Crippen molar-refractivity contribution in [3.63, 3.8) is 0 Å². The van der Waals surface area contributed by atoms with Gasteiger partial charge < -0.3 is 15.4 Å². The van der Waals surface area contributed by atoms with Crippen molar-refractivity contribution in [1.82, 2.24) is 15.4 Å². The lowest BCUT2D eigenvalue weighted by Gasteiger charge is -2.28.